The van der Waals surface area contributed by atoms with E-state index in [9.17, 15) is 28.1 Å². The first kappa shape index (κ1) is 29.0. The summed E-state index contributed by atoms with van der Waals surface area (Å²) in [6.45, 7) is 7.87. The van der Waals surface area contributed by atoms with E-state index in [2.05, 4.69) is 18.1 Å². The van der Waals surface area contributed by atoms with Gasteiger partial charge < -0.3 is 19.9 Å². The SMILES string of the molecule is C=CCOP(=O)(OCC=C)OCC1OC(n2cc(F)nc(C(N)=O)c2=O)C(OC(C)=O)C1OC(C)=O. The monoisotopic (exact) mass is 533 g/mol. The highest BCUT2D eigenvalue weighted by Crippen LogP contribution is 2.50. The van der Waals surface area contributed by atoms with Gasteiger partial charge in [0.2, 0.25) is 5.95 Å². The Balaban J connectivity index is 2.48. The molecule has 1 saturated heterocycles. The minimum Gasteiger partial charge on any atom is -0.456 e. The number of primary amides is 1. The van der Waals surface area contributed by atoms with Gasteiger partial charge in [0.1, 0.15) is 6.10 Å². The Kier molecular flexibility index (Phi) is 10.2. The Labute approximate surface area is 204 Å². The Hall–Kier alpha value is -3.23. The lowest BCUT2D eigenvalue weighted by atomic mass is 10.1. The van der Waals surface area contributed by atoms with Crippen LogP contribution in [0.25, 0.3) is 0 Å². The minimum atomic E-state index is -4.21. The molecular formula is C20H25FN3O11P. The number of aromatic nitrogens is 2. The van der Waals surface area contributed by atoms with E-state index in [4.69, 9.17) is 33.5 Å². The molecule has 0 radical (unpaired) electrons. The molecule has 4 atom stereocenters. The summed E-state index contributed by atoms with van der Waals surface area (Å²) in [4.78, 5) is 51.0. The topological polar surface area (TPSA) is 185 Å². The Bertz CT molecular complexity index is 1110. The van der Waals surface area contributed by atoms with Gasteiger partial charge in [0.25, 0.3) is 11.5 Å². The first-order chi connectivity index (χ1) is 16.9. The molecule has 1 aliphatic rings. The summed E-state index contributed by atoms with van der Waals surface area (Å²) >= 11 is 0. The summed E-state index contributed by atoms with van der Waals surface area (Å²) in [5.74, 6) is -4.32. The molecule has 1 aliphatic heterocycles. The summed E-state index contributed by atoms with van der Waals surface area (Å²) in [6, 6.07) is 0. The molecule has 0 saturated carbocycles. The lowest BCUT2D eigenvalue weighted by Gasteiger charge is -2.24. The van der Waals surface area contributed by atoms with Crippen LogP contribution in [0.5, 0.6) is 0 Å². The Morgan fingerprint density at radius 3 is 2.19 bits per heavy atom. The van der Waals surface area contributed by atoms with E-state index in [-0.39, 0.29) is 13.2 Å². The first-order valence-electron chi connectivity index (χ1n) is 10.3. The molecule has 16 heteroatoms. The Morgan fingerprint density at radius 2 is 1.69 bits per heavy atom. The molecule has 2 heterocycles. The van der Waals surface area contributed by atoms with E-state index < -0.39 is 74.0 Å². The van der Waals surface area contributed by atoms with E-state index in [0.29, 0.717) is 10.8 Å². The van der Waals surface area contributed by atoms with Crippen molar-refractivity contribution in [3.63, 3.8) is 0 Å². The number of phosphoric ester groups is 1. The third-order valence-electron chi connectivity index (χ3n) is 4.40. The van der Waals surface area contributed by atoms with Crippen molar-refractivity contribution < 1.29 is 51.1 Å². The average molecular weight is 533 g/mol. The molecule has 14 nitrogen and oxygen atoms in total. The maximum absolute atomic E-state index is 14.1. The minimum absolute atomic E-state index is 0.215. The summed E-state index contributed by atoms with van der Waals surface area (Å²) in [6.07, 6.45) is -2.82. The maximum atomic E-state index is 14.1. The number of ether oxygens (including phenoxy) is 3. The number of carbonyl (C=O) groups excluding carboxylic acids is 3. The zero-order chi connectivity index (χ0) is 27.0. The van der Waals surface area contributed by atoms with Crippen LogP contribution < -0.4 is 11.3 Å². The number of hydrogen-bond acceptors (Lipinski definition) is 12. The van der Waals surface area contributed by atoms with E-state index in [1.54, 1.807) is 0 Å². The van der Waals surface area contributed by atoms with E-state index in [1.807, 2.05) is 0 Å². The van der Waals surface area contributed by atoms with Crippen LogP contribution in [0.4, 0.5) is 4.39 Å². The van der Waals surface area contributed by atoms with E-state index in [1.165, 1.54) is 12.2 Å². The largest absolute Gasteiger partial charge is 0.475 e. The van der Waals surface area contributed by atoms with Crippen molar-refractivity contribution >= 4 is 25.7 Å². The van der Waals surface area contributed by atoms with Gasteiger partial charge in [-0.05, 0) is 0 Å². The number of nitrogens with two attached hydrogens (primary N) is 1. The van der Waals surface area contributed by atoms with Crippen molar-refractivity contribution in [1.82, 2.24) is 9.55 Å². The highest BCUT2D eigenvalue weighted by atomic mass is 31.2. The van der Waals surface area contributed by atoms with E-state index in [0.717, 1.165) is 13.8 Å². The molecule has 4 unspecified atom stereocenters. The highest BCUT2D eigenvalue weighted by Gasteiger charge is 2.51. The van der Waals surface area contributed by atoms with Crippen molar-refractivity contribution in [3.05, 3.63) is 53.5 Å². The van der Waals surface area contributed by atoms with Crippen LogP contribution in [0.1, 0.15) is 30.6 Å². The number of hydrogen-bond donors (Lipinski definition) is 1. The van der Waals surface area contributed by atoms with Gasteiger partial charge in [-0.2, -0.15) is 4.39 Å². The molecule has 1 aromatic rings. The number of phosphoric acid groups is 1. The summed E-state index contributed by atoms with van der Waals surface area (Å²) < 4.78 is 59.1. The second-order valence-corrected chi connectivity index (χ2v) is 8.78. The molecule has 2 N–H and O–H groups in total. The van der Waals surface area contributed by atoms with Crippen molar-refractivity contribution in [1.29, 1.82) is 0 Å². The van der Waals surface area contributed by atoms with Gasteiger partial charge in [-0.3, -0.25) is 37.3 Å². The van der Waals surface area contributed by atoms with Crippen molar-refractivity contribution in [3.8, 4) is 0 Å². The van der Waals surface area contributed by atoms with Gasteiger partial charge in [-0.15, -0.1) is 13.2 Å². The van der Waals surface area contributed by atoms with Gasteiger partial charge in [0, 0.05) is 13.8 Å². The van der Waals surface area contributed by atoms with Crippen molar-refractivity contribution in [2.24, 2.45) is 5.73 Å². The van der Waals surface area contributed by atoms with Gasteiger partial charge in [-0.25, -0.2) is 9.55 Å². The van der Waals surface area contributed by atoms with Crippen molar-refractivity contribution in [2.45, 2.75) is 38.4 Å². The van der Waals surface area contributed by atoms with Crippen LogP contribution >= 0.6 is 7.82 Å². The van der Waals surface area contributed by atoms with Crippen LogP contribution in [0.2, 0.25) is 0 Å². The number of halogens is 1. The highest BCUT2D eigenvalue weighted by molar-refractivity contribution is 7.48. The summed E-state index contributed by atoms with van der Waals surface area (Å²) in [5, 5.41) is 0. The Morgan fingerprint density at radius 1 is 1.14 bits per heavy atom. The van der Waals surface area contributed by atoms with Crippen LogP contribution in [-0.2, 0) is 41.9 Å². The second-order valence-electron chi connectivity index (χ2n) is 7.11. The second kappa shape index (κ2) is 12.6. The first-order valence-corrected chi connectivity index (χ1v) is 11.7. The molecule has 36 heavy (non-hydrogen) atoms. The summed E-state index contributed by atoms with van der Waals surface area (Å²) in [5.41, 5.74) is 2.96. The van der Waals surface area contributed by atoms with Crippen LogP contribution in [0, 0.1) is 5.95 Å². The predicted molar refractivity (Wildman–Crippen MR) is 118 cm³/mol. The molecule has 1 aromatic heterocycles. The maximum Gasteiger partial charge on any atom is 0.475 e. The fraction of sp³-hybridized carbons (Fsp3) is 0.450. The molecule has 2 rings (SSSR count). The lowest BCUT2D eigenvalue weighted by molar-refractivity contribution is -0.165. The lowest BCUT2D eigenvalue weighted by Crippen LogP contribution is -2.42. The summed E-state index contributed by atoms with van der Waals surface area (Å²) in [7, 11) is -4.21. The van der Waals surface area contributed by atoms with Gasteiger partial charge in [0.05, 0.1) is 26.0 Å². The molecule has 0 aliphatic carbocycles. The molecular weight excluding hydrogens is 508 g/mol. The van der Waals surface area contributed by atoms with Gasteiger partial charge in [0.15, 0.2) is 24.1 Å². The fourth-order valence-electron chi connectivity index (χ4n) is 3.11. The number of carbonyl (C=O) groups is 3. The zero-order valence-electron chi connectivity index (χ0n) is 19.4. The molecule has 198 valence electrons. The average Bonchev–Trinajstić information content (AvgIpc) is 3.12. The smallest absolute Gasteiger partial charge is 0.456 e. The number of nitrogens with zero attached hydrogens (tertiary/aromatic N) is 2. The molecule has 0 bridgehead atoms. The molecule has 0 aromatic carbocycles. The van der Waals surface area contributed by atoms with Crippen LogP contribution in [-0.4, -0.2) is 65.5 Å². The number of rotatable bonds is 13. The molecule has 1 amide bonds. The zero-order valence-corrected chi connectivity index (χ0v) is 20.3. The number of amides is 1. The fourth-order valence-corrected chi connectivity index (χ4v) is 4.24. The molecule has 0 spiro atoms. The third kappa shape index (κ3) is 7.38. The normalized spacial score (nSPS) is 21.5. The van der Waals surface area contributed by atoms with Crippen LogP contribution in [0.3, 0.4) is 0 Å². The van der Waals surface area contributed by atoms with Crippen molar-refractivity contribution in [2.75, 3.05) is 19.8 Å². The number of esters is 2. The predicted octanol–water partition coefficient (Wildman–Crippen LogP) is 0.772. The molecule has 1 fully saturated rings. The van der Waals surface area contributed by atoms with Gasteiger partial charge >= 0.3 is 19.8 Å². The van der Waals surface area contributed by atoms with Gasteiger partial charge in [-0.1, -0.05) is 12.2 Å². The van der Waals surface area contributed by atoms with E-state index >= 15 is 0 Å². The standard InChI is InChI=1S/C20H25FN3O11P/c1-5-7-30-36(29,31-8-6-2)32-10-13-16(33-11(3)25)17(34-12(4)26)20(35-13)24-9-14(21)23-15(18(22)27)19(24)28/h5-6,9,13,16-17,20H,1-2,7-8,10H2,3-4H3,(H2,22,27). The third-order valence-corrected chi connectivity index (χ3v) is 5.79. The quantitative estimate of drug-likeness (QED) is 0.214. The van der Waals surface area contributed by atoms with Crippen LogP contribution in [0.15, 0.2) is 36.3 Å².